The SMILES string of the molecule is CCOc1ccc(NC(=O)Cc2c(C)[nH]c3ccccc23)cc1S(=O)(=O)N1CCCC1. The van der Waals surface area contributed by atoms with Crippen molar-refractivity contribution in [1.82, 2.24) is 9.29 Å². The van der Waals surface area contributed by atoms with E-state index in [1.807, 2.05) is 38.1 Å². The van der Waals surface area contributed by atoms with Crippen LogP contribution < -0.4 is 10.1 Å². The molecule has 1 aliphatic rings. The number of benzene rings is 2. The van der Waals surface area contributed by atoms with Crippen LogP contribution in [0, 0.1) is 6.92 Å². The molecule has 0 saturated carbocycles. The first-order chi connectivity index (χ1) is 14.9. The fraction of sp³-hybridized carbons (Fsp3) is 0.348. The maximum absolute atomic E-state index is 13.1. The molecule has 1 saturated heterocycles. The summed E-state index contributed by atoms with van der Waals surface area (Å²) in [5.74, 6) is 0.0985. The number of aromatic nitrogens is 1. The molecule has 1 aromatic heterocycles. The van der Waals surface area contributed by atoms with Crippen molar-refractivity contribution in [3.05, 3.63) is 53.7 Å². The maximum Gasteiger partial charge on any atom is 0.246 e. The Balaban J connectivity index is 1.59. The van der Waals surface area contributed by atoms with Crippen molar-refractivity contribution in [2.24, 2.45) is 0 Å². The van der Waals surface area contributed by atoms with Crippen molar-refractivity contribution in [2.75, 3.05) is 25.0 Å². The maximum atomic E-state index is 13.1. The average molecular weight is 442 g/mol. The molecule has 4 rings (SSSR count). The number of amides is 1. The van der Waals surface area contributed by atoms with E-state index in [9.17, 15) is 13.2 Å². The molecule has 1 amide bonds. The third kappa shape index (κ3) is 4.31. The Morgan fingerprint density at radius 3 is 2.65 bits per heavy atom. The number of para-hydroxylation sites is 1. The zero-order valence-corrected chi connectivity index (χ0v) is 18.6. The van der Waals surface area contributed by atoms with Crippen LogP contribution in [0.3, 0.4) is 0 Å². The first-order valence-electron chi connectivity index (χ1n) is 10.5. The van der Waals surface area contributed by atoms with Crippen LogP contribution in [-0.2, 0) is 21.2 Å². The molecule has 0 spiro atoms. The van der Waals surface area contributed by atoms with Gasteiger partial charge >= 0.3 is 0 Å². The molecule has 0 bridgehead atoms. The Labute approximate surface area is 182 Å². The summed E-state index contributed by atoms with van der Waals surface area (Å²) in [6.07, 6.45) is 1.89. The van der Waals surface area contributed by atoms with Crippen molar-refractivity contribution < 1.29 is 17.9 Å². The number of sulfonamides is 1. The first kappa shape index (κ1) is 21.4. The number of rotatable bonds is 7. The number of hydrogen-bond donors (Lipinski definition) is 2. The molecule has 2 aromatic carbocycles. The van der Waals surface area contributed by atoms with Gasteiger partial charge < -0.3 is 15.0 Å². The quantitative estimate of drug-likeness (QED) is 0.583. The Kier molecular flexibility index (Phi) is 6.02. The predicted molar refractivity (Wildman–Crippen MR) is 121 cm³/mol. The number of carbonyl (C=O) groups excluding carboxylic acids is 1. The van der Waals surface area contributed by atoms with Crippen molar-refractivity contribution in [2.45, 2.75) is 38.0 Å². The van der Waals surface area contributed by atoms with Gasteiger partial charge in [-0.2, -0.15) is 4.31 Å². The molecule has 7 nitrogen and oxygen atoms in total. The monoisotopic (exact) mass is 441 g/mol. The molecule has 0 aliphatic carbocycles. The second-order valence-electron chi connectivity index (χ2n) is 7.70. The van der Waals surface area contributed by atoms with E-state index in [1.165, 1.54) is 10.4 Å². The lowest BCUT2D eigenvalue weighted by Gasteiger charge is -2.19. The average Bonchev–Trinajstić information content (AvgIpc) is 3.39. The number of fused-ring (bicyclic) bond motifs is 1. The second-order valence-corrected chi connectivity index (χ2v) is 9.61. The topological polar surface area (TPSA) is 91.5 Å². The Bertz CT molecular complexity index is 1210. The van der Waals surface area contributed by atoms with E-state index in [1.54, 1.807) is 12.1 Å². The van der Waals surface area contributed by atoms with Gasteiger partial charge in [0.1, 0.15) is 10.6 Å². The molecular formula is C23H27N3O4S. The molecule has 2 heterocycles. The van der Waals surface area contributed by atoms with Crippen molar-refractivity contribution in [3.8, 4) is 5.75 Å². The summed E-state index contributed by atoms with van der Waals surface area (Å²) in [6.45, 7) is 5.12. The van der Waals surface area contributed by atoms with Crippen LogP contribution in [0.4, 0.5) is 5.69 Å². The van der Waals surface area contributed by atoms with Gasteiger partial charge in [0.05, 0.1) is 13.0 Å². The van der Waals surface area contributed by atoms with E-state index < -0.39 is 10.0 Å². The highest BCUT2D eigenvalue weighted by atomic mass is 32.2. The minimum Gasteiger partial charge on any atom is -0.492 e. The molecule has 0 unspecified atom stereocenters. The largest absolute Gasteiger partial charge is 0.492 e. The van der Waals surface area contributed by atoms with Crippen LogP contribution in [0.2, 0.25) is 0 Å². The normalized spacial score (nSPS) is 14.8. The summed E-state index contributed by atoms with van der Waals surface area (Å²) in [5.41, 5.74) is 3.30. The third-order valence-electron chi connectivity index (χ3n) is 5.57. The van der Waals surface area contributed by atoms with Gasteiger partial charge in [0.25, 0.3) is 0 Å². The van der Waals surface area contributed by atoms with Crippen LogP contribution >= 0.6 is 0 Å². The van der Waals surface area contributed by atoms with E-state index >= 15 is 0 Å². The van der Waals surface area contributed by atoms with E-state index in [0.29, 0.717) is 31.1 Å². The number of aryl methyl sites for hydroxylation is 1. The number of hydrogen-bond acceptors (Lipinski definition) is 4. The van der Waals surface area contributed by atoms with Crippen LogP contribution in [0.1, 0.15) is 31.0 Å². The lowest BCUT2D eigenvalue weighted by atomic mass is 10.1. The summed E-state index contributed by atoms with van der Waals surface area (Å²) in [5, 5.41) is 3.87. The Morgan fingerprint density at radius 2 is 1.90 bits per heavy atom. The highest BCUT2D eigenvalue weighted by Crippen LogP contribution is 2.32. The number of H-pyrrole nitrogens is 1. The molecule has 1 aliphatic heterocycles. The molecule has 0 atom stereocenters. The molecule has 2 N–H and O–H groups in total. The summed E-state index contributed by atoms with van der Waals surface area (Å²) < 4.78 is 33.3. The smallest absolute Gasteiger partial charge is 0.246 e. The molecule has 8 heteroatoms. The van der Waals surface area contributed by atoms with Gasteiger partial charge in [-0.3, -0.25) is 4.79 Å². The van der Waals surface area contributed by atoms with E-state index in [0.717, 1.165) is 35.0 Å². The lowest BCUT2D eigenvalue weighted by molar-refractivity contribution is -0.115. The lowest BCUT2D eigenvalue weighted by Crippen LogP contribution is -2.28. The van der Waals surface area contributed by atoms with Crippen molar-refractivity contribution in [3.63, 3.8) is 0 Å². The van der Waals surface area contributed by atoms with Gasteiger partial charge in [0, 0.05) is 35.4 Å². The summed E-state index contributed by atoms with van der Waals surface area (Å²) in [4.78, 5) is 16.2. The fourth-order valence-electron chi connectivity index (χ4n) is 4.06. The summed E-state index contributed by atoms with van der Waals surface area (Å²) >= 11 is 0. The number of aromatic amines is 1. The van der Waals surface area contributed by atoms with Crippen LogP contribution in [0.25, 0.3) is 10.9 Å². The predicted octanol–water partition coefficient (Wildman–Crippen LogP) is 3.84. The second kappa shape index (κ2) is 8.72. The zero-order valence-electron chi connectivity index (χ0n) is 17.8. The van der Waals surface area contributed by atoms with Gasteiger partial charge in [0.2, 0.25) is 15.9 Å². The summed E-state index contributed by atoms with van der Waals surface area (Å²) in [7, 11) is -3.68. The fourth-order valence-corrected chi connectivity index (χ4v) is 5.73. The molecule has 3 aromatic rings. The van der Waals surface area contributed by atoms with Gasteiger partial charge in [0.15, 0.2) is 0 Å². The first-order valence-corrected chi connectivity index (χ1v) is 12.0. The zero-order chi connectivity index (χ0) is 22.0. The molecular weight excluding hydrogens is 414 g/mol. The minimum absolute atomic E-state index is 0.0947. The number of nitrogens with one attached hydrogen (secondary N) is 2. The van der Waals surface area contributed by atoms with Gasteiger partial charge in [-0.05, 0) is 56.5 Å². The van der Waals surface area contributed by atoms with Crippen LogP contribution in [0.15, 0.2) is 47.4 Å². The number of anilines is 1. The molecule has 0 radical (unpaired) electrons. The van der Waals surface area contributed by atoms with E-state index in [2.05, 4.69) is 10.3 Å². The van der Waals surface area contributed by atoms with Crippen molar-refractivity contribution in [1.29, 1.82) is 0 Å². The molecule has 164 valence electrons. The van der Waals surface area contributed by atoms with Gasteiger partial charge in [-0.25, -0.2) is 8.42 Å². The Morgan fingerprint density at radius 1 is 1.16 bits per heavy atom. The number of carbonyl (C=O) groups is 1. The highest BCUT2D eigenvalue weighted by molar-refractivity contribution is 7.89. The summed E-state index contributed by atoms with van der Waals surface area (Å²) in [6, 6.07) is 12.6. The highest BCUT2D eigenvalue weighted by Gasteiger charge is 2.30. The van der Waals surface area contributed by atoms with E-state index in [4.69, 9.17) is 4.74 Å². The number of ether oxygens (including phenoxy) is 1. The van der Waals surface area contributed by atoms with E-state index in [-0.39, 0.29) is 17.2 Å². The molecule has 31 heavy (non-hydrogen) atoms. The van der Waals surface area contributed by atoms with Crippen LogP contribution in [0.5, 0.6) is 5.75 Å². The van der Waals surface area contributed by atoms with Gasteiger partial charge in [-0.1, -0.05) is 18.2 Å². The van der Waals surface area contributed by atoms with Crippen LogP contribution in [-0.4, -0.2) is 43.3 Å². The standard InChI is InChI=1S/C23H27N3O4S/c1-3-30-21-11-10-17(14-22(21)31(28,29)26-12-6-7-13-26)25-23(27)15-19-16(2)24-20-9-5-4-8-18(19)20/h4-5,8-11,14,24H,3,6-7,12-13,15H2,1-2H3,(H,25,27). The Hall–Kier alpha value is -2.84. The third-order valence-corrected chi connectivity index (χ3v) is 7.49. The molecule has 1 fully saturated rings. The van der Waals surface area contributed by atoms with Gasteiger partial charge in [-0.15, -0.1) is 0 Å². The minimum atomic E-state index is -3.68. The number of nitrogens with zero attached hydrogens (tertiary/aromatic N) is 1. The van der Waals surface area contributed by atoms with Crippen molar-refractivity contribution >= 4 is 32.5 Å².